The fourth-order valence-corrected chi connectivity index (χ4v) is 3.08. The number of hydrogen-bond donors (Lipinski definition) is 1. The molecule has 1 amide bonds. The van der Waals surface area contributed by atoms with Crippen LogP contribution in [0.5, 0.6) is 0 Å². The van der Waals surface area contributed by atoms with Crippen LogP contribution < -0.4 is 0 Å². The lowest BCUT2D eigenvalue weighted by molar-refractivity contribution is -0.136. The molecule has 1 aromatic carbocycles. The number of rotatable bonds is 4. The summed E-state index contributed by atoms with van der Waals surface area (Å²) in [5.74, 6) is -0.951. The maximum absolute atomic E-state index is 12.6. The van der Waals surface area contributed by atoms with Gasteiger partial charge in [-0.3, -0.25) is 9.59 Å². The van der Waals surface area contributed by atoms with Crippen molar-refractivity contribution in [3.63, 3.8) is 0 Å². The summed E-state index contributed by atoms with van der Waals surface area (Å²) in [6, 6.07) is 7.16. The number of carbonyl (C=O) groups is 2. The van der Waals surface area contributed by atoms with Crippen LogP contribution in [0.2, 0.25) is 0 Å². The highest BCUT2D eigenvalue weighted by molar-refractivity contribution is 8.00. The number of carboxylic acid groups (broad SMARTS) is 1. The van der Waals surface area contributed by atoms with Gasteiger partial charge in [0.2, 0.25) is 0 Å². The summed E-state index contributed by atoms with van der Waals surface area (Å²) in [5, 5.41) is 8.43. The van der Waals surface area contributed by atoms with Crippen LogP contribution in [0.3, 0.4) is 0 Å². The van der Waals surface area contributed by atoms with Gasteiger partial charge in [-0.05, 0) is 26.0 Å². The number of thioether (sulfide) groups is 1. The third-order valence-electron chi connectivity index (χ3n) is 3.30. The molecule has 114 valence electrons. The molecule has 0 aromatic heterocycles. The lowest BCUT2D eigenvalue weighted by atomic mass is 10.1. The highest BCUT2D eigenvalue weighted by Gasteiger charge is 2.25. The van der Waals surface area contributed by atoms with Crippen molar-refractivity contribution in [2.24, 2.45) is 0 Å². The first-order valence-electron chi connectivity index (χ1n) is 6.88. The molecule has 0 saturated carbocycles. The van der Waals surface area contributed by atoms with Gasteiger partial charge in [0.15, 0.2) is 0 Å². The molecular weight excluding hydrogens is 290 g/mol. The molecule has 21 heavy (non-hydrogen) atoms. The van der Waals surface area contributed by atoms with Crippen LogP contribution in [0.15, 0.2) is 29.2 Å². The number of carboxylic acids is 1. The topological polar surface area (TPSA) is 66.8 Å². The average Bonchev–Trinajstić information content (AvgIpc) is 2.47. The molecule has 1 aliphatic rings. The van der Waals surface area contributed by atoms with E-state index in [1.165, 1.54) is 11.8 Å². The maximum atomic E-state index is 12.6. The highest BCUT2D eigenvalue weighted by atomic mass is 32.2. The molecule has 0 radical (unpaired) electrons. The second-order valence-electron chi connectivity index (χ2n) is 5.03. The number of benzene rings is 1. The van der Waals surface area contributed by atoms with Crippen molar-refractivity contribution in [1.29, 1.82) is 0 Å². The summed E-state index contributed by atoms with van der Waals surface area (Å²) < 4.78 is 5.44. The zero-order valence-corrected chi connectivity index (χ0v) is 12.9. The Kier molecular flexibility index (Phi) is 5.25. The summed E-state index contributed by atoms with van der Waals surface area (Å²) in [7, 11) is 0. The normalized spacial score (nSPS) is 20.1. The number of nitrogens with zero attached hydrogens (tertiary/aromatic N) is 1. The maximum Gasteiger partial charge on any atom is 0.316 e. The second-order valence-corrected chi connectivity index (χ2v) is 6.41. The van der Waals surface area contributed by atoms with Crippen LogP contribution in [0.25, 0.3) is 0 Å². The van der Waals surface area contributed by atoms with Crippen molar-refractivity contribution in [1.82, 2.24) is 4.90 Å². The van der Waals surface area contributed by atoms with Gasteiger partial charge in [-0.2, -0.15) is 0 Å². The number of morpholine rings is 1. The summed E-state index contributed by atoms with van der Waals surface area (Å²) >= 11 is 1.19. The molecule has 1 fully saturated rings. The van der Waals surface area contributed by atoms with E-state index in [1.807, 2.05) is 13.0 Å². The third kappa shape index (κ3) is 3.98. The average molecular weight is 309 g/mol. The SMILES string of the molecule is CC1CN(C(=O)c2ccccc2SC(C)C(=O)O)CCO1. The van der Waals surface area contributed by atoms with Gasteiger partial charge in [0.1, 0.15) is 5.25 Å². The lowest BCUT2D eigenvalue weighted by Gasteiger charge is -2.31. The Morgan fingerprint density at radius 2 is 2.14 bits per heavy atom. The Morgan fingerprint density at radius 3 is 2.81 bits per heavy atom. The smallest absolute Gasteiger partial charge is 0.316 e. The Morgan fingerprint density at radius 1 is 1.43 bits per heavy atom. The van der Waals surface area contributed by atoms with Gasteiger partial charge in [-0.1, -0.05) is 12.1 Å². The van der Waals surface area contributed by atoms with Crippen LogP contribution >= 0.6 is 11.8 Å². The van der Waals surface area contributed by atoms with Crippen molar-refractivity contribution < 1.29 is 19.4 Å². The number of aliphatic carboxylic acids is 1. The van der Waals surface area contributed by atoms with E-state index in [1.54, 1.807) is 30.0 Å². The first-order valence-corrected chi connectivity index (χ1v) is 7.76. The molecule has 0 bridgehead atoms. The van der Waals surface area contributed by atoms with Crippen molar-refractivity contribution in [3.8, 4) is 0 Å². The van der Waals surface area contributed by atoms with Crippen molar-refractivity contribution >= 4 is 23.6 Å². The lowest BCUT2D eigenvalue weighted by Crippen LogP contribution is -2.44. The van der Waals surface area contributed by atoms with Crippen LogP contribution in [-0.4, -0.2) is 52.9 Å². The van der Waals surface area contributed by atoms with E-state index >= 15 is 0 Å². The van der Waals surface area contributed by atoms with Crippen LogP contribution in [0.4, 0.5) is 0 Å². The van der Waals surface area contributed by atoms with Crippen molar-refractivity contribution in [2.45, 2.75) is 30.1 Å². The predicted molar refractivity (Wildman–Crippen MR) is 80.7 cm³/mol. The minimum absolute atomic E-state index is 0.0282. The number of amides is 1. The van der Waals surface area contributed by atoms with E-state index in [0.29, 0.717) is 30.2 Å². The molecule has 2 unspecified atom stereocenters. The van der Waals surface area contributed by atoms with Crippen LogP contribution in [0.1, 0.15) is 24.2 Å². The fourth-order valence-electron chi connectivity index (χ4n) is 2.16. The first kappa shape index (κ1) is 15.9. The number of ether oxygens (including phenoxy) is 1. The van der Waals surface area contributed by atoms with Gasteiger partial charge in [-0.25, -0.2) is 0 Å². The van der Waals surface area contributed by atoms with Crippen molar-refractivity contribution in [3.05, 3.63) is 29.8 Å². The third-order valence-corrected chi connectivity index (χ3v) is 4.46. The van der Waals surface area contributed by atoms with Gasteiger partial charge in [-0.15, -0.1) is 11.8 Å². The quantitative estimate of drug-likeness (QED) is 0.863. The molecule has 2 rings (SSSR count). The molecule has 2 atom stereocenters. The minimum atomic E-state index is -0.887. The molecule has 6 heteroatoms. The van der Waals surface area contributed by atoms with E-state index in [9.17, 15) is 9.59 Å². The van der Waals surface area contributed by atoms with Gasteiger partial charge >= 0.3 is 5.97 Å². The molecule has 1 N–H and O–H groups in total. The summed E-state index contributed by atoms with van der Waals surface area (Å²) in [5.41, 5.74) is 0.560. The molecule has 1 aliphatic heterocycles. The van der Waals surface area contributed by atoms with Gasteiger partial charge in [0.05, 0.1) is 18.3 Å². The van der Waals surface area contributed by atoms with Crippen LogP contribution in [0, 0.1) is 0 Å². The molecule has 0 aliphatic carbocycles. The zero-order chi connectivity index (χ0) is 15.4. The highest BCUT2D eigenvalue weighted by Crippen LogP contribution is 2.28. The number of carbonyl (C=O) groups excluding carboxylic acids is 1. The molecule has 5 nitrogen and oxygen atoms in total. The molecule has 1 saturated heterocycles. The molecule has 1 heterocycles. The van der Waals surface area contributed by atoms with Gasteiger partial charge in [0, 0.05) is 18.0 Å². The molecule has 0 spiro atoms. The number of hydrogen-bond acceptors (Lipinski definition) is 4. The van der Waals surface area contributed by atoms with Crippen molar-refractivity contribution in [2.75, 3.05) is 19.7 Å². The second kappa shape index (κ2) is 6.95. The monoisotopic (exact) mass is 309 g/mol. The van der Waals surface area contributed by atoms with Gasteiger partial charge < -0.3 is 14.7 Å². The Hall–Kier alpha value is -1.53. The standard InChI is InChI=1S/C15H19NO4S/c1-10-9-16(7-8-20-10)14(17)12-5-3-4-6-13(12)21-11(2)15(18)19/h3-6,10-11H,7-9H2,1-2H3,(H,18,19). The molecule has 1 aromatic rings. The Balaban J connectivity index is 2.18. The Labute approximate surface area is 128 Å². The van der Waals surface area contributed by atoms with E-state index in [2.05, 4.69) is 0 Å². The molecular formula is C15H19NO4S. The summed E-state index contributed by atoms with van der Waals surface area (Å²) in [4.78, 5) is 26.1. The largest absolute Gasteiger partial charge is 0.480 e. The first-order chi connectivity index (χ1) is 9.99. The van der Waals surface area contributed by atoms with Gasteiger partial charge in [0.25, 0.3) is 5.91 Å². The Bertz CT molecular complexity index is 534. The van der Waals surface area contributed by atoms with E-state index < -0.39 is 11.2 Å². The van der Waals surface area contributed by atoms with E-state index in [-0.39, 0.29) is 12.0 Å². The minimum Gasteiger partial charge on any atom is -0.480 e. The summed E-state index contributed by atoms with van der Waals surface area (Å²) in [6.07, 6.45) is 0.0282. The summed E-state index contributed by atoms with van der Waals surface area (Å²) in [6.45, 7) is 5.22. The fraction of sp³-hybridized carbons (Fsp3) is 0.467. The van der Waals surface area contributed by atoms with E-state index in [4.69, 9.17) is 9.84 Å². The van der Waals surface area contributed by atoms with E-state index in [0.717, 1.165) is 0 Å². The zero-order valence-electron chi connectivity index (χ0n) is 12.1. The predicted octanol–water partition coefficient (Wildman–Crippen LogP) is 2.11. The van der Waals surface area contributed by atoms with Crippen LogP contribution in [-0.2, 0) is 9.53 Å².